The Labute approximate surface area is 87.8 Å². The maximum absolute atomic E-state index is 11.7. The van der Waals surface area contributed by atoms with Crippen LogP contribution in [0, 0.1) is 0 Å². The summed E-state index contributed by atoms with van der Waals surface area (Å²) in [5, 5.41) is 2.54. The summed E-state index contributed by atoms with van der Waals surface area (Å²) in [5.41, 5.74) is -0.781. The minimum absolute atomic E-state index is 0.139. The van der Waals surface area contributed by atoms with Crippen molar-refractivity contribution >= 4 is 23.0 Å². The summed E-state index contributed by atoms with van der Waals surface area (Å²) in [7, 11) is 0. The predicted molar refractivity (Wildman–Crippen MR) is 55.3 cm³/mol. The maximum Gasteiger partial charge on any atom is 0.332 e. The number of carbonyl (C=O) groups excluding carboxylic acids is 2. The Balaban J connectivity index is 2.60. The molecule has 1 unspecified atom stereocenters. The standard InChI is InChI=1S/C9H15NO3S/c1-3-5-13-7(11)9(4-2)6-14-8(12)10-9/h3-6H2,1-2H3,(H,10,12). The van der Waals surface area contributed by atoms with Gasteiger partial charge in [0.2, 0.25) is 0 Å². The SMILES string of the molecule is CCCOC(=O)C1(CC)CSC(=O)N1. The van der Waals surface area contributed by atoms with E-state index < -0.39 is 5.54 Å². The molecule has 0 saturated carbocycles. The number of ether oxygens (including phenoxy) is 1. The minimum Gasteiger partial charge on any atom is -0.464 e. The zero-order chi connectivity index (χ0) is 10.6. The summed E-state index contributed by atoms with van der Waals surface area (Å²) in [4.78, 5) is 22.7. The monoisotopic (exact) mass is 217 g/mol. The van der Waals surface area contributed by atoms with Crippen LogP contribution in [0.25, 0.3) is 0 Å². The van der Waals surface area contributed by atoms with E-state index in [4.69, 9.17) is 4.74 Å². The van der Waals surface area contributed by atoms with Crippen molar-refractivity contribution < 1.29 is 14.3 Å². The van der Waals surface area contributed by atoms with Crippen molar-refractivity contribution in [1.82, 2.24) is 5.32 Å². The first kappa shape index (κ1) is 11.4. The number of nitrogens with one attached hydrogen (secondary N) is 1. The molecule has 1 aliphatic rings. The van der Waals surface area contributed by atoms with Crippen molar-refractivity contribution in [3.05, 3.63) is 0 Å². The fraction of sp³-hybridized carbons (Fsp3) is 0.778. The van der Waals surface area contributed by atoms with E-state index in [0.717, 1.165) is 18.2 Å². The van der Waals surface area contributed by atoms with Crippen molar-refractivity contribution in [1.29, 1.82) is 0 Å². The first-order chi connectivity index (χ1) is 6.64. The second-order valence-corrected chi connectivity index (χ2v) is 4.22. The Bertz CT molecular complexity index is 244. The summed E-state index contributed by atoms with van der Waals surface area (Å²) >= 11 is 1.14. The van der Waals surface area contributed by atoms with E-state index in [2.05, 4.69) is 5.32 Å². The number of thioether (sulfide) groups is 1. The van der Waals surface area contributed by atoms with Crippen LogP contribution in [0.4, 0.5) is 4.79 Å². The molecule has 80 valence electrons. The molecule has 0 aliphatic carbocycles. The first-order valence-electron chi connectivity index (χ1n) is 4.77. The summed E-state index contributed by atoms with van der Waals surface area (Å²) in [6.07, 6.45) is 1.38. The second-order valence-electron chi connectivity index (χ2n) is 3.27. The Morgan fingerprint density at radius 3 is 2.79 bits per heavy atom. The van der Waals surface area contributed by atoms with Crippen molar-refractivity contribution in [2.45, 2.75) is 32.2 Å². The average Bonchev–Trinajstić information content (AvgIpc) is 2.58. The Hall–Kier alpha value is -0.710. The van der Waals surface area contributed by atoms with Gasteiger partial charge in [0, 0.05) is 5.75 Å². The molecular formula is C9H15NO3S. The van der Waals surface area contributed by atoms with Crippen molar-refractivity contribution in [3.8, 4) is 0 Å². The Morgan fingerprint density at radius 2 is 2.36 bits per heavy atom. The number of rotatable bonds is 4. The minimum atomic E-state index is -0.781. The number of hydrogen-bond acceptors (Lipinski definition) is 4. The Kier molecular flexibility index (Phi) is 3.80. The van der Waals surface area contributed by atoms with Crippen LogP contribution >= 0.6 is 11.8 Å². The van der Waals surface area contributed by atoms with E-state index in [1.54, 1.807) is 0 Å². The van der Waals surface area contributed by atoms with Gasteiger partial charge in [-0.1, -0.05) is 25.6 Å². The van der Waals surface area contributed by atoms with Gasteiger partial charge < -0.3 is 10.1 Å². The molecule has 1 rings (SSSR count). The normalized spacial score (nSPS) is 26.0. The number of amides is 1. The quantitative estimate of drug-likeness (QED) is 0.726. The van der Waals surface area contributed by atoms with E-state index >= 15 is 0 Å². The van der Waals surface area contributed by atoms with E-state index in [9.17, 15) is 9.59 Å². The highest BCUT2D eigenvalue weighted by molar-refractivity contribution is 8.14. The molecule has 0 spiro atoms. The smallest absolute Gasteiger partial charge is 0.332 e. The highest BCUT2D eigenvalue weighted by Gasteiger charge is 2.44. The number of hydrogen-bond donors (Lipinski definition) is 1. The van der Waals surface area contributed by atoms with Crippen LogP contribution < -0.4 is 5.32 Å². The fourth-order valence-corrected chi connectivity index (χ4v) is 2.27. The molecule has 1 fully saturated rings. The van der Waals surface area contributed by atoms with Gasteiger partial charge in [-0.2, -0.15) is 0 Å². The molecule has 1 N–H and O–H groups in total. The molecule has 14 heavy (non-hydrogen) atoms. The number of carbonyl (C=O) groups is 2. The van der Waals surface area contributed by atoms with Crippen LogP contribution in [0.15, 0.2) is 0 Å². The van der Waals surface area contributed by atoms with Crippen LogP contribution in [-0.4, -0.2) is 29.1 Å². The zero-order valence-corrected chi connectivity index (χ0v) is 9.28. The van der Waals surface area contributed by atoms with Crippen LogP contribution in [0.1, 0.15) is 26.7 Å². The third kappa shape index (κ3) is 2.20. The highest BCUT2D eigenvalue weighted by atomic mass is 32.2. The Morgan fingerprint density at radius 1 is 1.64 bits per heavy atom. The van der Waals surface area contributed by atoms with E-state index in [0.29, 0.717) is 18.8 Å². The fourth-order valence-electron chi connectivity index (χ4n) is 1.23. The van der Waals surface area contributed by atoms with Gasteiger partial charge >= 0.3 is 5.97 Å². The maximum atomic E-state index is 11.7. The number of esters is 1. The lowest BCUT2D eigenvalue weighted by atomic mass is 9.99. The van der Waals surface area contributed by atoms with Crippen LogP contribution in [0.5, 0.6) is 0 Å². The van der Waals surface area contributed by atoms with Gasteiger partial charge in [-0.25, -0.2) is 4.79 Å². The van der Waals surface area contributed by atoms with Gasteiger partial charge in [0.05, 0.1) is 6.61 Å². The highest BCUT2D eigenvalue weighted by Crippen LogP contribution is 2.27. The summed E-state index contributed by atoms with van der Waals surface area (Å²) in [6, 6.07) is 0. The topological polar surface area (TPSA) is 55.4 Å². The van der Waals surface area contributed by atoms with Gasteiger partial charge in [-0.05, 0) is 12.8 Å². The van der Waals surface area contributed by atoms with Gasteiger partial charge in [0.25, 0.3) is 5.24 Å². The van der Waals surface area contributed by atoms with Gasteiger partial charge in [-0.15, -0.1) is 0 Å². The zero-order valence-electron chi connectivity index (χ0n) is 8.46. The molecule has 0 aromatic carbocycles. The van der Waals surface area contributed by atoms with E-state index in [1.165, 1.54) is 0 Å². The van der Waals surface area contributed by atoms with Gasteiger partial charge in [0.15, 0.2) is 0 Å². The summed E-state index contributed by atoms with van der Waals surface area (Å²) in [5.74, 6) is 0.172. The lowest BCUT2D eigenvalue weighted by Crippen LogP contribution is -2.51. The molecule has 1 amide bonds. The molecule has 4 nitrogen and oxygen atoms in total. The van der Waals surface area contributed by atoms with Crippen LogP contribution in [-0.2, 0) is 9.53 Å². The lowest BCUT2D eigenvalue weighted by Gasteiger charge is -2.23. The largest absolute Gasteiger partial charge is 0.464 e. The van der Waals surface area contributed by atoms with E-state index in [1.807, 2.05) is 13.8 Å². The molecule has 1 atom stereocenters. The lowest BCUT2D eigenvalue weighted by molar-refractivity contribution is -0.150. The second kappa shape index (κ2) is 4.68. The van der Waals surface area contributed by atoms with Crippen molar-refractivity contribution in [2.75, 3.05) is 12.4 Å². The van der Waals surface area contributed by atoms with E-state index in [-0.39, 0.29) is 11.2 Å². The molecule has 0 radical (unpaired) electrons. The molecule has 0 bridgehead atoms. The van der Waals surface area contributed by atoms with Crippen LogP contribution in [0.2, 0.25) is 0 Å². The third-order valence-corrected chi connectivity index (χ3v) is 3.22. The van der Waals surface area contributed by atoms with Gasteiger partial charge in [0.1, 0.15) is 5.54 Å². The summed E-state index contributed by atoms with van der Waals surface area (Å²) < 4.78 is 5.05. The van der Waals surface area contributed by atoms with Crippen molar-refractivity contribution in [2.24, 2.45) is 0 Å². The predicted octanol–water partition coefficient (Wildman–Crippen LogP) is 1.54. The van der Waals surface area contributed by atoms with Crippen molar-refractivity contribution in [3.63, 3.8) is 0 Å². The third-order valence-electron chi connectivity index (χ3n) is 2.22. The molecular weight excluding hydrogens is 202 g/mol. The molecule has 1 aliphatic heterocycles. The molecule has 0 aromatic rings. The average molecular weight is 217 g/mol. The molecule has 5 heteroatoms. The summed E-state index contributed by atoms with van der Waals surface area (Å²) in [6.45, 7) is 4.23. The van der Waals surface area contributed by atoms with Crippen LogP contribution in [0.3, 0.4) is 0 Å². The molecule has 1 heterocycles. The molecule has 0 aromatic heterocycles. The molecule has 1 saturated heterocycles. The first-order valence-corrected chi connectivity index (χ1v) is 5.75. The van der Waals surface area contributed by atoms with Gasteiger partial charge in [-0.3, -0.25) is 4.79 Å².